The van der Waals surface area contributed by atoms with Gasteiger partial charge in [0.05, 0.1) is 17.8 Å². The first-order valence-corrected chi connectivity index (χ1v) is 12.2. The number of anilines is 2. The van der Waals surface area contributed by atoms with Crippen LogP contribution < -0.4 is 19.7 Å². The zero-order chi connectivity index (χ0) is 23.2. The fourth-order valence-electron chi connectivity index (χ4n) is 4.00. The second kappa shape index (κ2) is 11.1. The van der Waals surface area contributed by atoms with E-state index in [1.807, 2.05) is 18.2 Å². The monoisotopic (exact) mass is 532 g/mol. The third kappa shape index (κ3) is 5.92. The lowest BCUT2D eigenvalue weighted by molar-refractivity contribution is 0.281. The zero-order valence-corrected chi connectivity index (χ0v) is 20.9. The number of halogens is 3. The van der Waals surface area contributed by atoms with Crippen molar-refractivity contribution in [3.05, 3.63) is 81.0 Å². The molecule has 4 rings (SSSR count). The summed E-state index contributed by atoms with van der Waals surface area (Å²) in [6.45, 7) is 2.92. The lowest BCUT2D eigenvalue weighted by atomic mass is 10.1. The van der Waals surface area contributed by atoms with Gasteiger partial charge in [-0.25, -0.2) is 4.39 Å². The predicted molar refractivity (Wildman–Crippen MR) is 136 cm³/mol. The van der Waals surface area contributed by atoms with E-state index in [-0.39, 0.29) is 5.82 Å². The Labute approximate surface area is 207 Å². The van der Waals surface area contributed by atoms with Gasteiger partial charge in [-0.05, 0) is 67.3 Å². The van der Waals surface area contributed by atoms with Crippen LogP contribution in [-0.4, -0.2) is 20.2 Å². The molecule has 0 atom stereocenters. The molecule has 33 heavy (non-hydrogen) atoms. The zero-order valence-electron chi connectivity index (χ0n) is 18.5. The van der Waals surface area contributed by atoms with E-state index >= 15 is 0 Å². The highest BCUT2D eigenvalue weighted by Gasteiger charge is 2.17. The Balaban J connectivity index is 1.50. The van der Waals surface area contributed by atoms with Crippen molar-refractivity contribution in [3.63, 3.8) is 0 Å². The molecule has 1 heterocycles. The van der Waals surface area contributed by atoms with Gasteiger partial charge < -0.3 is 19.7 Å². The largest absolute Gasteiger partial charge is 0.493 e. The van der Waals surface area contributed by atoms with E-state index in [4.69, 9.17) is 21.1 Å². The second-order valence-electron chi connectivity index (χ2n) is 8.04. The SMILES string of the molecule is COc1ccc(Br)c(CNc2ccc(N3CCCCC3)c(Cl)c2)c1OCc1ccc(F)cc1. The van der Waals surface area contributed by atoms with Gasteiger partial charge in [-0.3, -0.25) is 0 Å². The molecule has 4 nitrogen and oxygen atoms in total. The van der Waals surface area contributed by atoms with Gasteiger partial charge in [0.1, 0.15) is 12.4 Å². The highest BCUT2D eigenvalue weighted by Crippen LogP contribution is 2.38. The number of methoxy groups -OCH3 is 1. The van der Waals surface area contributed by atoms with Gasteiger partial charge in [0.15, 0.2) is 11.5 Å². The summed E-state index contributed by atoms with van der Waals surface area (Å²) in [5.41, 5.74) is 3.82. The molecule has 1 fully saturated rings. The molecule has 0 amide bonds. The summed E-state index contributed by atoms with van der Waals surface area (Å²) < 4.78 is 25.8. The third-order valence-corrected chi connectivity index (χ3v) is 6.84. The first-order valence-electron chi connectivity index (χ1n) is 11.1. The Morgan fingerprint density at radius 1 is 1.03 bits per heavy atom. The molecule has 1 N–H and O–H groups in total. The van der Waals surface area contributed by atoms with Crippen LogP contribution in [0, 0.1) is 5.82 Å². The predicted octanol–water partition coefficient (Wildman–Crippen LogP) is 7.43. The van der Waals surface area contributed by atoms with Crippen LogP contribution in [0.15, 0.2) is 59.1 Å². The van der Waals surface area contributed by atoms with E-state index in [2.05, 4.69) is 38.3 Å². The van der Waals surface area contributed by atoms with Crippen LogP contribution in [-0.2, 0) is 13.2 Å². The van der Waals surface area contributed by atoms with E-state index in [9.17, 15) is 4.39 Å². The van der Waals surface area contributed by atoms with E-state index < -0.39 is 0 Å². The van der Waals surface area contributed by atoms with E-state index in [0.717, 1.165) is 45.1 Å². The first-order chi connectivity index (χ1) is 16.0. The quantitative estimate of drug-likeness (QED) is 0.326. The number of nitrogens with one attached hydrogen (secondary N) is 1. The summed E-state index contributed by atoms with van der Waals surface area (Å²) >= 11 is 10.3. The summed E-state index contributed by atoms with van der Waals surface area (Å²) in [5.74, 6) is 1.00. The smallest absolute Gasteiger partial charge is 0.167 e. The van der Waals surface area contributed by atoms with Gasteiger partial charge in [0.2, 0.25) is 0 Å². The fraction of sp³-hybridized carbons (Fsp3) is 0.308. The Kier molecular flexibility index (Phi) is 7.99. The van der Waals surface area contributed by atoms with E-state index in [0.29, 0.717) is 24.7 Å². The summed E-state index contributed by atoms with van der Waals surface area (Å²) in [5, 5.41) is 4.20. The molecule has 0 spiro atoms. The normalized spacial score (nSPS) is 13.6. The molecule has 0 aliphatic carbocycles. The molecule has 174 valence electrons. The molecular weight excluding hydrogens is 507 g/mol. The van der Waals surface area contributed by atoms with Gasteiger partial charge in [0.25, 0.3) is 0 Å². The minimum absolute atomic E-state index is 0.270. The van der Waals surface area contributed by atoms with Crippen LogP contribution in [0.1, 0.15) is 30.4 Å². The second-order valence-corrected chi connectivity index (χ2v) is 9.30. The van der Waals surface area contributed by atoms with Crippen LogP contribution in [0.5, 0.6) is 11.5 Å². The number of hydrogen-bond acceptors (Lipinski definition) is 4. The number of hydrogen-bond donors (Lipinski definition) is 1. The van der Waals surface area contributed by atoms with Crippen molar-refractivity contribution >= 4 is 38.9 Å². The third-order valence-electron chi connectivity index (χ3n) is 5.80. The molecule has 0 unspecified atom stereocenters. The molecule has 1 saturated heterocycles. The van der Waals surface area contributed by atoms with Gasteiger partial charge >= 0.3 is 0 Å². The van der Waals surface area contributed by atoms with Gasteiger partial charge in [-0.2, -0.15) is 0 Å². The summed E-state index contributed by atoms with van der Waals surface area (Å²) in [6, 6.07) is 16.2. The van der Waals surface area contributed by atoms with Crippen LogP contribution in [0.25, 0.3) is 0 Å². The van der Waals surface area contributed by atoms with Crippen molar-refractivity contribution in [2.45, 2.75) is 32.4 Å². The molecular formula is C26H27BrClFN2O2. The van der Waals surface area contributed by atoms with Crippen LogP contribution in [0.4, 0.5) is 15.8 Å². The molecule has 3 aromatic carbocycles. The molecule has 3 aromatic rings. The molecule has 0 radical (unpaired) electrons. The topological polar surface area (TPSA) is 33.7 Å². The lowest BCUT2D eigenvalue weighted by Gasteiger charge is -2.29. The highest BCUT2D eigenvalue weighted by atomic mass is 79.9. The maximum atomic E-state index is 13.2. The van der Waals surface area contributed by atoms with Crippen molar-refractivity contribution in [2.75, 3.05) is 30.4 Å². The van der Waals surface area contributed by atoms with E-state index in [1.165, 1.54) is 31.4 Å². The van der Waals surface area contributed by atoms with Gasteiger partial charge in [-0.1, -0.05) is 39.7 Å². The number of piperidine rings is 1. The van der Waals surface area contributed by atoms with Gasteiger partial charge in [-0.15, -0.1) is 0 Å². The Morgan fingerprint density at radius 2 is 1.79 bits per heavy atom. The maximum Gasteiger partial charge on any atom is 0.167 e. The minimum Gasteiger partial charge on any atom is -0.493 e. The van der Waals surface area contributed by atoms with E-state index in [1.54, 1.807) is 19.2 Å². The van der Waals surface area contributed by atoms with Crippen LogP contribution in [0.3, 0.4) is 0 Å². The first kappa shape index (κ1) is 23.7. The number of ether oxygens (including phenoxy) is 2. The summed E-state index contributed by atoms with van der Waals surface area (Å²) in [4.78, 5) is 2.36. The minimum atomic E-state index is -0.270. The molecule has 1 aliphatic heterocycles. The number of benzene rings is 3. The molecule has 7 heteroatoms. The fourth-order valence-corrected chi connectivity index (χ4v) is 4.75. The van der Waals surface area contributed by atoms with Crippen molar-refractivity contribution in [1.29, 1.82) is 0 Å². The average molecular weight is 534 g/mol. The lowest BCUT2D eigenvalue weighted by Crippen LogP contribution is -2.29. The molecule has 0 saturated carbocycles. The van der Waals surface area contributed by atoms with Gasteiger partial charge in [0, 0.05) is 35.4 Å². The standard InChI is InChI=1S/C26H27BrClFN2O2/c1-32-25-12-10-22(27)21(26(25)33-17-18-5-7-19(29)8-6-18)16-30-20-9-11-24(23(28)15-20)31-13-3-2-4-14-31/h5-12,15,30H,2-4,13-14,16-17H2,1H3. The van der Waals surface area contributed by atoms with Crippen molar-refractivity contribution in [3.8, 4) is 11.5 Å². The molecule has 0 bridgehead atoms. The van der Waals surface area contributed by atoms with Crippen molar-refractivity contribution < 1.29 is 13.9 Å². The number of rotatable bonds is 8. The Morgan fingerprint density at radius 3 is 2.48 bits per heavy atom. The average Bonchev–Trinajstić information content (AvgIpc) is 2.83. The van der Waals surface area contributed by atoms with Crippen LogP contribution >= 0.6 is 27.5 Å². The maximum absolute atomic E-state index is 13.2. The van der Waals surface area contributed by atoms with Crippen molar-refractivity contribution in [2.24, 2.45) is 0 Å². The summed E-state index contributed by atoms with van der Waals surface area (Å²) in [6.07, 6.45) is 3.70. The molecule has 1 aliphatic rings. The molecule has 0 aromatic heterocycles. The van der Waals surface area contributed by atoms with Crippen molar-refractivity contribution in [1.82, 2.24) is 0 Å². The Hall–Kier alpha value is -2.44. The highest BCUT2D eigenvalue weighted by molar-refractivity contribution is 9.10. The van der Waals surface area contributed by atoms with Crippen LogP contribution in [0.2, 0.25) is 5.02 Å². The summed E-state index contributed by atoms with van der Waals surface area (Å²) in [7, 11) is 1.62. The Bertz CT molecular complexity index is 1090. The number of nitrogens with zero attached hydrogens (tertiary/aromatic N) is 1.